The van der Waals surface area contributed by atoms with Crippen molar-refractivity contribution >= 4 is 0 Å². The van der Waals surface area contributed by atoms with E-state index in [4.69, 9.17) is 0 Å². The quantitative estimate of drug-likeness (QED) is 0.469. The highest BCUT2D eigenvalue weighted by Gasteiger charge is 2.27. The standard InChI is InChI=1S/C21H36N2O2/c1-4-5-6-7-17(2)8-9-18-14-20(24)19(21(25)15-18)16-23(3)12-10-22-11-13-23/h14-15,17,22H,4-13,16H2,1-3H3,(H-,24,25)/p+1. The third-order valence-corrected chi connectivity index (χ3v) is 5.69. The van der Waals surface area contributed by atoms with Gasteiger partial charge in [0, 0.05) is 13.1 Å². The topological polar surface area (TPSA) is 52.5 Å². The number of rotatable bonds is 9. The number of aromatic hydroxyl groups is 2. The summed E-state index contributed by atoms with van der Waals surface area (Å²) in [7, 11) is 2.20. The fourth-order valence-corrected chi connectivity index (χ4v) is 3.78. The Hall–Kier alpha value is -1.26. The van der Waals surface area contributed by atoms with Crippen molar-refractivity contribution in [3.05, 3.63) is 23.3 Å². The van der Waals surface area contributed by atoms with E-state index in [1.54, 1.807) is 0 Å². The van der Waals surface area contributed by atoms with Gasteiger partial charge in [-0.05, 0) is 36.5 Å². The highest BCUT2D eigenvalue weighted by Crippen LogP contribution is 2.32. The van der Waals surface area contributed by atoms with Crippen LogP contribution in [0.3, 0.4) is 0 Å². The van der Waals surface area contributed by atoms with Gasteiger partial charge in [-0.15, -0.1) is 0 Å². The van der Waals surface area contributed by atoms with E-state index in [0.29, 0.717) is 18.0 Å². The van der Waals surface area contributed by atoms with E-state index in [1.807, 2.05) is 12.1 Å². The minimum Gasteiger partial charge on any atom is -0.507 e. The van der Waals surface area contributed by atoms with Crippen molar-refractivity contribution in [3.8, 4) is 11.5 Å². The lowest BCUT2D eigenvalue weighted by Crippen LogP contribution is -2.55. The SMILES string of the molecule is CCCCCC(C)CCc1cc(O)c(C[N+]2(C)CCNCC2)c(O)c1. The molecular weight excluding hydrogens is 312 g/mol. The molecule has 1 aliphatic heterocycles. The summed E-state index contributed by atoms with van der Waals surface area (Å²) in [6, 6.07) is 3.73. The molecule has 0 amide bonds. The van der Waals surface area contributed by atoms with Gasteiger partial charge in [-0.3, -0.25) is 0 Å². The summed E-state index contributed by atoms with van der Waals surface area (Å²) < 4.78 is 0.863. The first-order valence-corrected chi connectivity index (χ1v) is 10.0. The highest BCUT2D eigenvalue weighted by molar-refractivity contribution is 5.46. The number of quaternary nitrogens is 1. The van der Waals surface area contributed by atoms with Crippen molar-refractivity contribution in [2.24, 2.45) is 5.92 Å². The molecule has 0 spiro atoms. The van der Waals surface area contributed by atoms with Gasteiger partial charge in [-0.25, -0.2) is 0 Å². The van der Waals surface area contributed by atoms with E-state index in [9.17, 15) is 10.2 Å². The monoisotopic (exact) mass is 349 g/mol. The number of phenolic OH excluding ortho intramolecular Hbond substituents is 2. The molecule has 0 aliphatic carbocycles. The predicted molar refractivity (Wildman–Crippen MR) is 104 cm³/mol. The third-order valence-electron chi connectivity index (χ3n) is 5.69. The number of phenols is 2. The van der Waals surface area contributed by atoms with Crippen molar-refractivity contribution in [3.63, 3.8) is 0 Å². The van der Waals surface area contributed by atoms with Gasteiger partial charge in [0.15, 0.2) is 0 Å². The number of unbranched alkanes of at least 4 members (excludes halogenated alkanes) is 2. The second-order valence-corrected chi connectivity index (χ2v) is 8.23. The molecule has 3 N–H and O–H groups in total. The molecule has 4 nitrogen and oxygen atoms in total. The molecule has 4 heteroatoms. The Labute approximate surface area is 153 Å². The minimum atomic E-state index is 0.256. The summed E-state index contributed by atoms with van der Waals surface area (Å²) in [6.45, 7) is 9.26. The number of nitrogens with zero attached hydrogens (tertiary/aromatic N) is 1. The van der Waals surface area contributed by atoms with E-state index in [-0.39, 0.29) is 11.5 Å². The molecule has 1 fully saturated rings. The summed E-state index contributed by atoms with van der Waals surface area (Å²) in [5.41, 5.74) is 1.74. The van der Waals surface area contributed by atoms with Crippen molar-refractivity contribution < 1.29 is 14.7 Å². The molecule has 1 saturated heterocycles. The molecule has 1 atom stereocenters. The summed E-state index contributed by atoms with van der Waals surface area (Å²) in [5.74, 6) is 1.21. The number of benzene rings is 1. The van der Waals surface area contributed by atoms with Crippen LogP contribution in [-0.2, 0) is 13.0 Å². The maximum atomic E-state index is 10.5. The Morgan fingerprint density at radius 1 is 1.08 bits per heavy atom. The first-order valence-electron chi connectivity index (χ1n) is 10.0. The van der Waals surface area contributed by atoms with Crippen LogP contribution in [0.2, 0.25) is 0 Å². The minimum absolute atomic E-state index is 0.256. The van der Waals surface area contributed by atoms with Crippen LogP contribution in [0, 0.1) is 5.92 Å². The van der Waals surface area contributed by atoms with Crippen LogP contribution in [0.15, 0.2) is 12.1 Å². The number of piperazine rings is 1. The Morgan fingerprint density at radius 3 is 2.32 bits per heavy atom. The Balaban J connectivity index is 1.94. The number of nitrogens with one attached hydrogen (secondary N) is 1. The van der Waals surface area contributed by atoms with Gasteiger partial charge in [0.05, 0.1) is 25.7 Å². The summed E-state index contributed by atoms with van der Waals surface area (Å²) in [4.78, 5) is 0. The lowest BCUT2D eigenvalue weighted by atomic mass is 9.95. The zero-order valence-corrected chi connectivity index (χ0v) is 16.4. The van der Waals surface area contributed by atoms with Gasteiger partial charge in [-0.2, -0.15) is 0 Å². The van der Waals surface area contributed by atoms with E-state index >= 15 is 0 Å². The molecule has 1 aliphatic rings. The number of aryl methyl sites for hydroxylation is 1. The molecule has 1 aromatic rings. The lowest BCUT2D eigenvalue weighted by molar-refractivity contribution is -0.924. The van der Waals surface area contributed by atoms with Crippen LogP contribution in [0.25, 0.3) is 0 Å². The number of likely N-dealkylation sites (N-methyl/N-ethyl adjacent to an activating group) is 1. The smallest absolute Gasteiger partial charge is 0.128 e. The van der Waals surface area contributed by atoms with Gasteiger partial charge in [0.25, 0.3) is 0 Å². The predicted octanol–water partition coefficient (Wildman–Crippen LogP) is 3.80. The van der Waals surface area contributed by atoms with Crippen LogP contribution < -0.4 is 5.32 Å². The maximum Gasteiger partial charge on any atom is 0.128 e. The highest BCUT2D eigenvalue weighted by atomic mass is 16.3. The van der Waals surface area contributed by atoms with Gasteiger partial charge in [-0.1, -0.05) is 39.5 Å². The molecule has 25 heavy (non-hydrogen) atoms. The average molecular weight is 350 g/mol. The maximum absolute atomic E-state index is 10.5. The van der Waals surface area contributed by atoms with Gasteiger partial charge in [0.1, 0.15) is 18.0 Å². The molecule has 0 bridgehead atoms. The second kappa shape index (κ2) is 9.44. The number of hydrogen-bond acceptors (Lipinski definition) is 3. The first kappa shape index (κ1) is 20.1. The van der Waals surface area contributed by atoms with E-state index in [1.165, 1.54) is 25.7 Å². The molecule has 1 aromatic carbocycles. The molecule has 1 unspecified atom stereocenters. The van der Waals surface area contributed by atoms with E-state index < -0.39 is 0 Å². The van der Waals surface area contributed by atoms with E-state index in [0.717, 1.165) is 49.1 Å². The average Bonchev–Trinajstić information content (AvgIpc) is 2.57. The van der Waals surface area contributed by atoms with Crippen LogP contribution in [0.1, 0.15) is 57.1 Å². The first-order chi connectivity index (χ1) is 11.9. The number of hydrogen-bond donors (Lipinski definition) is 3. The zero-order chi connectivity index (χ0) is 18.3. The second-order valence-electron chi connectivity index (χ2n) is 8.23. The Morgan fingerprint density at radius 2 is 1.72 bits per heavy atom. The summed E-state index contributed by atoms with van der Waals surface area (Å²) in [5, 5.41) is 24.3. The fraction of sp³-hybridized carbons (Fsp3) is 0.714. The molecule has 0 saturated carbocycles. The zero-order valence-electron chi connectivity index (χ0n) is 16.4. The molecular formula is C21H37N2O2+. The van der Waals surface area contributed by atoms with Gasteiger partial charge >= 0.3 is 0 Å². The van der Waals surface area contributed by atoms with E-state index in [2.05, 4.69) is 26.2 Å². The van der Waals surface area contributed by atoms with Crippen molar-refractivity contribution in [1.82, 2.24) is 5.32 Å². The molecule has 2 rings (SSSR count). The lowest BCUT2D eigenvalue weighted by Gasteiger charge is -2.38. The van der Waals surface area contributed by atoms with Crippen LogP contribution >= 0.6 is 0 Å². The molecule has 142 valence electrons. The van der Waals surface area contributed by atoms with Crippen molar-refractivity contribution in [2.75, 3.05) is 33.2 Å². The van der Waals surface area contributed by atoms with Gasteiger partial charge in [0.2, 0.25) is 0 Å². The molecule has 0 radical (unpaired) electrons. The van der Waals surface area contributed by atoms with Gasteiger partial charge < -0.3 is 20.0 Å². The van der Waals surface area contributed by atoms with Crippen LogP contribution in [0.4, 0.5) is 0 Å². The van der Waals surface area contributed by atoms with Crippen molar-refractivity contribution in [2.45, 2.75) is 58.9 Å². The molecule has 0 aromatic heterocycles. The normalized spacial score (nSPS) is 18.2. The third kappa shape index (κ3) is 6.19. The Kier molecular flexibility index (Phi) is 7.57. The summed E-state index contributed by atoms with van der Waals surface area (Å²) in [6.07, 6.45) is 7.19. The van der Waals surface area contributed by atoms with Crippen LogP contribution in [0.5, 0.6) is 11.5 Å². The van der Waals surface area contributed by atoms with Crippen LogP contribution in [-0.4, -0.2) is 47.9 Å². The Bertz CT molecular complexity index is 516. The molecule has 1 heterocycles. The largest absolute Gasteiger partial charge is 0.507 e. The van der Waals surface area contributed by atoms with Crippen molar-refractivity contribution in [1.29, 1.82) is 0 Å². The summed E-state index contributed by atoms with van der Waals surface area (Å²) >= 11 is 0. The fourth-order valence-electron chi connectivity index (χ4n) is 3.78.